The highest BCUT2D eigenvalue weighted by Crippen LogP contribution is 2.18. The lowest BCUT2D eigenvalue weighted by Gasteiger charge is -2.08. The van der Waals surface area contributed by atoms with Crippen LogP contribution >= 0.6 is 28.6 Å². The number of thiol groups is 1. The van der Waals surface area contributed by atoms with E-state index in [0.717, 1.165) is 10.2 Å². The lowest BCUT2D eigenvalue weighted by Crippen LogP contribution is -2.10. The molecule has 0 atom stereocenters. The molecule has 0 aromatic heterocycles. The number of nitriles is 1. The maximum atomic E-state index is 11.5. The molecule has 1 rings (SSSR count). The molecule has 18 heavy (non-hydrogen) atoms. The summed E-state index contributed by atoms with van der Waals surface area (Å²) in [4.78, 5) is 11.5. The van der Waals surface area contributed by atoms with E-state index in [0.29, 0.717) is 0 Å². The minimum Gasteiger partial charge on any atom is -0.462 e. The van der Waals surface area contributed by atoms with E-state index in [1.165, 1.54) is 0 Å². The van der Waals surface area contributed by atoms with Gasteiger partial charge in [-0.25, -0.2) is 4.79 Å². The van der Waals surface area contributed by atoms with Crippen LogP contribution < -0.4 is 5.32 Å². The number of benzene rings is 1. The third-order valence-electron chi connectivity index (χ3n) is 1.94. The van der Waals surface area contributed by atoms with Crippen molar-refractivity contribution in [3.8, 4) is 6.07 Å². The van der Waals surface area contributed by atoms with Crippen molar-refractivity contribution in [1.29, 1.82) is 5.26 Å². The molecule has 1 N–H and O–H groups in total. The van der Waals surface area contributed by atoms with Gasteiger partial charge >= 0.3 is 5.97 Å². The Morgan fingerprint density at radius 3 is 2.61 bits per heavy atom. The smallest absolute Gasteiger partial charge is 0.351 e. The van der Waals surface area contributed by atoms with Gasteiger partial charge in [-0.2, -0.15) is 5.26 Å². The molecule has 1 aromatic carbocycles. The van der Waals surface area contributed by atoms with Crippen LogP contribution in [-0.2, 0) is 9.53 Å². The van der Waals surface area contributed by atoms with Gasteiger partial charge in [0.1, 0.15) is 6.07 Å². The molecule has 0 aliphatic rings. The number of rotatable bonds is 4. The fourth-order valence-corrected chi connectivity index (χ4v) is 1.67. The molecule has 0 radical (unpaired) electrons. The van der Waals surface area contributed by atoms with Crippen molar-refractivity contribution in [3.63, 3.8) is 0 Å². The molecule has 0 saturated heterocycles. The third-order valence-corrected chi connectivity index (χ3v) is 2.80. The Kier molecular flexibility index (Phi) is 5.75. The Balaban J connectivity index is 2.90. The Bertz CT molecular complexity index is 506. The number of ether oxygens (including phenoxy) is 1. The zero-order chi connectivity index (χ0) is 13.5. The van der Waals surface area contributed by atoms with Crippen molar-refractivity contribution in [1.82, 2.24) is 0 Å². The molecule has 6 heteroatoms. The molecular formula is C12H11BrN2O2S. The van der Waals surface area contributed by atoms with Crippen molar-refractivity contribution < 1.29 is 9.53 Å². The second-order valence-electron chi connectivity index (χ2n) is 3.19. The maximum absolute atomic E-state index is 11.5. The summed E-state index contributed by atoms with van der Waals surface area (Å²) in [5, 5.41) is 11.9. The van der Waals surface area contributed by atoms with E-state index in [1.54, 1.807) is 25.1 Å². The first-order valence-corrected chi connectivity index (χ1v) is 6.35. The van der Waals surface area contributed by atoms with Crippen LogP contribution in [0.1, 0.15) is 6.92 Å². The molecular weight excluding hydrogens is 316 g/mol. The van der Waals surface area contributed by atoms with Gasteiger partial charge in [-0.3, -0.25) is 0 Å². The van der Waals surface area contributed by atoms with Crippen LogP contribution in [0.5, 0.6) is 0 Å². The Morgan fingerprint density at radius 2 is 2.11 bits per heavy atom. The van der Waals surface area contributed by atoms with Gasteiger partial charge in [-0.1, -0.05) is 15.9 Å². The van der Waals surface area contributed by atoms with Gasteiger partial charge in [0.15, 0.2) is 5.57 Å². The normalized spacial score (nSPS) is 11.2. The highest BCUT2D eigenvalue weighted by atomic mass is 79.9. The standard InChI is InChI=1S/C12H11BrN2O2S/c1-2-17-12(16)10(7-14)11(18)15-9-5-3-8(13)4-6-9/h3-6,15,18H,2H2,1H3. The zero-order valence-electron chi connectivity index (χ0n) is 9.61. The van der Waals surface area contributed by atoms with E-state index in [4.69, 9.17) is 10.00 Å². The quantitative estimate of drug-likeness (QED) is 0.386. The van der Waals surface area contributed by atoms with Gasteiger partial charge in [-0.05, 0) is 31.2 Å². The van der Waals surface area contributed by atoms with Gasteiger partial charge in [0.05, 0.1) is 11.6 Å². The Labute approximate surface area is 119 Å². The number of anilines is 1. The molecule has 0 saturated carbocycles. The van der Waals surface area contributed by atoms with E-state index in [1.807, 2.05) is 12.1 Å². The summed E-state index contributed by atoms with van der Waals surface area (Å²) in [5.41, 5.74) is 0.573. The number of nitrogens with one attached hydrogen (secondary N) is 1. The average Bonchev–Trinajstić information content (AvgIpc) is 2.33. The first-order valence-electron chi connectivity index (χ1n) is 5.11. The predicted molar refractivity (Wildman–Crippen MR) is 76.0 cm³/mol. The summed E-state index contributed by atoms with van der Waals surface area (Å²) >= 11 is 7.42. The highest BCUT2D eigenvalue weighted by Gasteiger charge is 2.14. The summed E-state index contributed by atoms with van der Waals surface area (Å²) in [6.45, 7) is 1.89. The van der Waals surface area contributed by atoms with Crippen LogP contribution in [0.2, 0.25) is 0 Å². The largest absolute Gasteiger partial charge is 0.462 e. The van der Waals surface area contributed by atoms with Crippen molar-refractivity contribution in [3.05, 3.63) is 39.3 Å². The second kappa shape index (κ2) is 7.09. The summed E-state index contributed by atoms with van der Waals surface area (Å²) in [6.07, 6.45) is 0. The van der Waals surface area contributed by atoms with Crippen molar-refractivity contribution in [2.75, 3.05) is 11.9 Å². The van der Waals surface area contributed by atoms with Crippen molar-refractivity contribution in [2.45, 2.75) is 6.92 Å². The topological polar surface area (TPSA) is 62.1 Å². The Hall–Kier alpha value is -1.45. The van der Waals surface area contributed by atoms with Gasteiger partial charge < -0.3 is 10.1 Å². The molecule has 1 aromatic rings. The summed E-state index contributed by atoms with van der Waals surface area (Å²) < 4.78 is 5.69. The van der Waals surface area contributed by atoms with Crippen LogP contribution in [0, 0.1) is 11.3 Å². The zero-order valence-corrected chi connectivity index (χ0v) is 12.1. The summed E-state index contributed by atoms with van der Waals surface area (Å²) in [7, 11) is 0. The average molecular weight is 327 g/mol. The first kappa shape index (κ1) is 14.6. The molecule has 0 aliphatic heterocycles. The molecule has 0 unspecified atom stereocenters. The molecule has 0 heterocycles. The number of nitrogens with zero attached hydrogens (tertiary/aromatic N) is 1. The lowest BCUT2D eigenvalue weighted by molar-refractivity contribution is -0.138. The second-order valence-corrected chi connectivity index (χ2v) is 4.55. The first-order chi connectivity index (χ1) is 8.58. The van der Waals surface area contributed by atoms with E-state index in [-0.39, 0.29) is 17.2 Å². The van der Waals surface area contributed by atoms with E-state index in [9.17, 15) is 4.79 Å². The fraction of sp³-hybridized carbons (Fsp3) is 0.167. The lowest BCUT2D eigenvalue weighted by atomic mass is 10.3. The van der Waals surface area contributed by atoms with Crippen molar-refractivity contribution in [2.24, 2.45) is 0 Å². The van der Waals surface area contributed by atoms with E-state index in [2.05, 4.69) is 33.9 Å². The number of carbonyl (C=O) groups is 1. The molecule has 0 amide bonds. The predicted octanol–water partition coefficient (Wildman–Crippen LogP) is 3.09. The number of hydrogen-bond donors (Lipinski definition) is 2. The monoisotopic (exact) mass is 326 g/mol. The van der Waals surface area contributed by atoms with Crippen LogP contribution in [0.4, 0.5) is 5.69 Å². The Morgan fingerprint density at radius 1 is 1.50 bits per heavy atom. The summed E-state index contributed by atoms with van der Waals surface area (Å²) in [5.74, 6) is -0.686. The maximum Gasteiger partial charge on any atom is 0.351 e. The SMILES string of the molecule is CCOC(=O)C(C#N)=C(S)Nc1ccc(Br)cc1. The number of carbonyl (C=O) groups excluding carboxylic acids is 1. The van der Waals surface area contributed by atoms with E-state index >= 15 is 0 Å². The molecule has 0 spiro atoms. The van der Waals surface area contributed by atoms with Gasteiger partial charge in [-0.15, -0.1) is 12.6 Å². The molecule has 4 nitrogen and oxygen atoms in total. The molecule has 94 valence electrons. The number of hydrogen-bond acceptors (Lipinski definition) is 5. The van der Waals surface area contributed by atoms with Gasteiger partial charge in [0.2, 0.25) is 0 Å². The van der Waals surface area contributed by atoms with Crippen LogP contribution in [0.15, 0.2) is 39.3 Å². The van der Waals surface area contributed by atoms with Crippen LogP contribution in [0.3, 0.4) is 0 Å². The van der Waals surface area contributed by atoms with Gasteiger partial charge in [0, 0.05) is 10.2 Å². The molecule has 0 bridgehead atoms. The molecule has 0 fully saturated rings. The molecule has 0 aliphatic carbocycles. The summed E-state index contributed by atoms with van der Waals surface area (Å²) in [6, 6.07) is 9.03. The van der Waals surface area contributed by atoms with E-state index < -0.39 is 5.97 Å². The highest BCUT2D eigenvalue weighted by molar-refractivity contribution is 9.10. The van der Waals surface area contributed by atoms with Crippen LogP contribution in [0.25, 0.3) is 0 Å². The minimum atomic E-state index is -0.686. The van der Waals surface area contributed by atoms with Crippen molar-refractivity contribution >= 4 is 40.2 Å². The van der Waals surface area contributed by atoms with Crippen LogP contribution in [-0.4, -0.2) is 12.6 Å². The van der Waals surface area contributed by atoms with Gasteiger partial charge in [0.25, 0.3) is 0 Å². The third kappa shape index (κ3) is 4.09. The number of esters is 1. The number of halogens is 1. The minimum absolute atomic E-state index is 0.150. The fourth-order valence-electron chi connectivity index (χ4n) is 1.13.